The van der Waals surface area contributed by atoms with E-state index in [-0.39, 0.29) is 31.1 Å². The van der Waals surface area contributed by atoms with Crippen LogP contribution >= 0.6 is 0 Å². The number of rotatable bonds is 6. The van der Waals surface area contributed by atoms with E-state index in [1.807, 2.05) is 0 Å². The topological polar surface area (TPSA) is 70.1 Å². The summed E-state index contributed by atoms with van der Waals surface area (Å²) >= 11 is 0. The molecule has 0 amide bonds. The van der Waals surface area contributed by atoms with E-state index in [0.29, 0.717) is 5.56 Å². The maximum absolute atomic E-state index is 12.5. The Kier molecular flexibility index (Phi) is 5.97. The Hall–Kier alpha value is -1.36. The van der Waals surface area contributed by atoms with E-state index in [4.69, 9.17) is 0 Å². The van der Waals surface area contributed by atoms with Crippen molar-refractivity contribution < 1.29 is 31.4 Å². The summed E-state index contributed by atoms with van der Waals surface area (Å²) in [5.41, 5.74) is 0.322. The Bertz CT molecular complexity index is 694. The summed E-state index contributed by atoms with van der Waals surface area (Å²) in [6.45, 7) is 0.588. The third-order valence-electron chi connectivity index (χ3n) is 4.06. The molecule has 0 spiro atoms. The number of sulfonamides is 1. The number of aliphatic hydroxyl groups excluding tert-OH is 1. The molecule has 1 N–H and O–H groups in total. The minimum absolute atomic E-state index is 0.127. The van der Waals surface area contributed by atoms with Crippen molar-refractivity contribution in [3.63, 3.8) is 0 Å². The van der Waals surface area contributed by atoms with Gasteiger partial charge in [-0.25, -0.2) is 12.7 Å². The molecule has 0 radical (unpaired) electrons. The second-order valence-corrected chi connectivity index (χ2v) is 8.47. The molecule has 1 fully saturated rings. The summed E-state index contributed by atoms with van der Waals surface area (Å²) in [6, 6.07) is 5.77. The number of nitrogens with zero attached hydrogens (tertiary/aromatic N) is 2. The van der Waals surface area contributed by atoms with E-state index in [2.05, 4.69) is 4.74 Å². The van der Waals surface area contributed by atoms with E-state index in [9.17, 15) is 26.7 Å². The van der Waals surface area contributed by atoms with Crippen LogP contribution in [0, 0.1) is 5.92 Å². The molecule has 6 nitrogen and oxygen atoms in total. The van der Waals surface area contributed by atoms with Gasteiger partial charge in [0, 0.05) is 45.2 Å². The van der Waals surface area contributed by atoms with Gasteiger partial charge in [-0.15, -0.1) is 13.2 Å². The third-order valence-corrected chi connectivity index (χ3v) is 6.02. The van der Waals surface area contributed by atoms with Crippen LogP contribution in [0.5, 0.6) is 5.75 Å². The first-order chi connectivity index (χ1) is 11.5. The lowest BCUT2D eigenvalue weighted by Gasteiger charge is -2.19. The minimum atomic E-state index is -4.79. The molecule has 2 rings (SSSR count). The van der Waals surface area contributed by atoms with Crippen LogP contribution < -0.4 is 4.74 Å². The van der Waals surface area contributed by atoms with Crippen LogP contribution in [0.1, 0.15) is 5.56 Å². The molecule has 1 aromatic carbocycles. The largest absolute Gasteiger partial charge is 0.573 e. The summed E-state index contributed by atoms with van der Waals surface area (Å²) in [5, 5.41) is 10.1. The number of halogens is 3. The average Bonchev–Trinajstić information content (AvgIpc) is 2.78. The monoisotopic (exact) mass is 382 g/mol. The van der Waals surface area contributed by atoms with E-state index in [1.54, 1.807) is 11.0 Å². The Balaban J connectivity index is 2.06. The molecule has 1 heterocycles. The second-order valence-electron chi connectivity index (χ2n) is 6.24. The third kappa shape index (κ3) is 5.56. The zero-order valence-corrected chi connectivity index (χ0v) is 14.7. The molecule has 1 aliphatic rings. The van der Waals surface area contributed by atoms with Gasteiger partial charge in [0.15, 0.2) is 0 Å². The SMILES string of the molecule is CN(C)S(=O)(=O)C[C@@H]1CN(Cc2ccccc2OC(F)(F)F)C[C@@H]1O. The Morgan fingerprint density at radius 1 is 1.28 bits per heavy atom. The van der Waals surface area contributed by atoms with Gasteiger partial charge in [-0.1, -0.05) is 18.2 Å². The first-order valence-corrected chi connectivity index (χ1v) is 9.23. The number of para-hydroxylation sites is 1. The zero-order valence-electron chi connectivity index (χ0n) is 13.9. The maximum Gasteiger partial charge on any atom is 0.573 e. The minimum Gasteiger partial charge on any atom is -0.405 e. The molecular weight excluding hydrogens is 361 g/mol. The highest BCUT2D eigenvalue weighted by Gasteiger charge is 2.36. The highest BCUT2D eigenvalue weighted by Crippen LogP contribution is 2.29. The molecule has 1 saturated heterocycles. The van der Waals surface area contributed by atoms with Crippen LogP contribution in [0.15, 0.2) is 24.3 Å². The fraction of sp³-hybridized carbons (Fsp3) is 0.600. The molecular formula is C15H21F3N2O4S. The lowest BCUT2D eigenvalue weighted by molar-refractivity contribution is -0.275. The van der Waals surface area contributed by atoms with Gasteiger partial charge in [-0.2, -0.15) is 0 Å². The molecule has 0 saturated carbocycles. The molecule has 1 aliphatic heterocycles. The molecule has 10 heteroatoms. The number of hydrogen-bond acceptors (Lipinski definition) is 5. The van der Waals surface area contributed by atoms with Gasteiger partial charge in [0.25, 0.3) is 0 Å². The van der Waals surface area contributed by atoms with Crippen LogP contribution in [-0.2, 0) is 16.6 Å². The van der Waals surface area contributed by atoms with Crippen LogP contribution in [0.25, 0.3) is 0 Å². The van der Waals surface area contributed by atoms with Crippen molar-refractivity contribution in [2.24, 2.45) is 5.92 Å². The van der Waals surface area contributed by atoms with Gasteiger partial charge in [-0.3, -0.25) is 4.90 Å². The Morgan fingerprint density at radius 2 is 1.92 bits per heavy atom. The van der Waals surface area contributed by atoms with Crippen molar-refractivity contribution in [3.8, 4) is 5.75 Å². The highest BCUT2D eigenvalue weighted by atomic mass is 32.2. The first kappa shape index (κ1) is 20.0. The van der Waals surface area contributed by atoms with E-state index in [1.165, 1.54) is 32.3 Å². The van der Waals surface area contributed by atoms with Crippen molar-refractivity contribution in [3.05, 3.63) is 29.8 Å². The van der Waals surface area contributed by atoms with Crippen molar-refractivity contribution in [2.75, 3.05) is 32.9 Å². The molecule has 0 bridgehead atoms. The van der Waals surface area contributed by atoms with Gasteiger partial charge >= 0.3 is 6.36 Å². The summed E-state index contributed by atoms with van der Waals surface area (Å²) < 4.78 is 66.4. The summed E-state index contributed by atoms with van der Waals surface area (Å²) in [6.07, 6.45) is -5.64. The summed E-state index contributed by atoms with van der Waals surface area (Å²) in [5.74, 6) is -1.00. The predicted molar refractivity (Wildman–Crippen MR) is 85.4 cm³/mol. The van der Waals surface area contributed by atoms with Crippen molar-refractivity contribution in [1.29, 1.82) is 0 Å². The van der Waals surface area contributed by atoms with Crippen molar-refractivity contribution in [1.82, 2.24) is 9.21 Å². The number of alkyl halides is 3. The van der Waals surface area contributed by atoms with Gasteiger partial charge in [-0.05, 0) is 6.07 Å². The summed E-state index contributed by atoms with van der Waals surface area (Å²) in [7, 11) is -0.638. The fourth-order valence-corrected chi connectivity index (χ4v) is 3.92. The average molecular weight is 382 g/mol. The van der Waals surface area contributed by atoms with E-state index in [0.717, 1.165) is 4.31 Å². The quantitative estimate of drug-likeness (QED) is 0.803. The molecule has 1 aromatic rings. The van der Waals surface area contributed by atoms with Gasteiger partial charge in [0.1, 0.15) is 5.75 Å². The lowest BCUT2D eigenvalue weighted by Crippen LogP contribution is -2.33. The lowest BCUT2D eigenvalue weighted by atomic mass is 10.1. The van der Waals surface area contributed by atoms with Crippen LogP contribution in [0.4, 0.5) is 13.2 Å². The van der Waals surface area contributed by atoms with E-state index < -0.39 is 28.4 Å². The van der Waals surface area contributed by atoms with Crippen LogP contribution in [-0.4, -0.2) is 68.1 Å². The smallest absolute Gasteiger partial charge is 0.405 e. The van der Waals surface area contributed by atoms with Crippen LogP contribution in [0.3, 0.4) is 0 Å². The summed E-state index contributed by atoms with van der Waals surface area (Å²) in [4.78, 5) is 1.72. The number of ether oxygens (including phenoxy) is 1. The van der Waals surface area contributed by atoms with Crippen molar-refractivity contribution >= 4 is 10.0 Å². The molecule has 0 aromatic heterocycles. The highest BCUT2D eigenvalue weighted by molar-refractivity contribution is 7.89. The maximum atomic E-state index is 12.5. The zero-order chi connectivity index (χ0) is 18.8. The normalized spacial score (nSPS) is 22.5. The second kappa shape index (κ2) is 7.48. The molecule has 2 atom stereocenters. The van der Waals surface area contributed by atoms with Gasteiger partial charge in [0.2, 0.25) is 10.0 Å². The number of benzene rings is 1. The van der Waals surface area contributed by atoms with Gasteiger partial charge in [0.05, 0.1) is 11.9 Å². The Labute approximate surface area is 144 Å². The standard InChI is InChI=1S/C15H21F3N2O4S/c1-19(2)25(22,23)10-12-8-20(9-13(12)21)7-11-5-3-4-6-14(11)24-15(16,17)18/h3-6,12-13,21H,7-10H2,1-2H3/t12-,13-/m0/s1. The van der Waals surface area contributed by atoms with E-state index >= 15 is 0 Å². The predicted octanol–water partition coefficient (Wildman–Crippen LogP) is 1.27. The molecule has 0 unspecified atom stereocenters. The number of likely N-dealkylation sites (tertiary alicyclic amines) is 1. The number of hydrogen-bond donors (Lipinski definition) is 1. The van der Waals surface area contributed by atoms with Crippen molar-refractivity contribution in [2.45, 2.75) is 19.0 Å². The Morgan fingerprint density at radius 3 is 2.52 bits per heavy atom. The first-order valence-electron chi connectivity index (χ1n) is 7.62. The fourth-order valence-electron chi connectivity index (χ4n) is 2.75. The number of aliphatic hydroxyl groups is 1. The number of β-amino-alcohol motifs (C(OH)–C–C–N with tert-alkyl or cyclic N) is 1. The van der Waals surface area contributed by atoms with Crippen LogP contribution in [0.2, 0.25) is 0 Å². The molecule has 25 heavy (non-hydrogen) atoms. The molecule has 142 valence electrons. The van der Waals surface area contributed by atoms with Gasteiger partial charge < -0.3 is 9.84 Å². The molecule has 0 aliphatic carbocycles.